The standard InChI is InChI=1S/C23H27NO5S/c1-15(25)24-19-21(30-14-16-9-5-3-6-10-16)20-18(28-23(19)26-2)13-27-22(29-20)17-11-7-4-8-12-17/h3-12,18-23H,13-14H2,1-2H3,(H,24,25). The molecule has 4 rings (SSSR count). The van der Waals surface area contributed by atoms with Gasteiger partial charge in [-0.15, -0.1) is 11.8 Å². The van der Waals surface area contributed by atoms with Gasteiger partial charge in [0.1, 0.15) is 12.2 Å². The molecule has 30 heavy (non-hydrogen) atoms. The van der Waals surface area contributed by atoms with Crippen LogP contribution in [0.25, 0.3) is 0 Å². The molecule has 2 saturated heterocycles. The normalized spacial score (nSPS) is 31.0. The summed E-state index contributed by atoms with van der Waals surface area (Å²) in [5.41, 5.74) is 2.18. The van der Waals surface area contributed by atoms with E-state index < -0.39 is 12.6 Å². The molecule has 0 aliphatic carbocycles. The number of hydrogen-bond donors (Lipinski definition) is 1. The van der Waals surface area contributed by atoms with Gasteiger partial charge in [-0.3, -0.25) is 4.79 Å². The Balaban J connectivity index is 1.58. The van der Waals surface area contributed by atoms with Gasteiger partial charge in [-0.1, -0.05) is 60.7 Å². The van der Waals surface area contributed by atoms with Crippen molar-refractivity contribution in [3.8, 4) is 0 Å². The van der Waals surface area contributed by atoms with Crippen LogP contribution in [-0.2, 0) is 29.5 Å². The quantitative estimate of drug-likeness (QED) is 0.760. The summed E-state index contributed by atoms with van der Waals surface area (Å²) in [5, 5.41) is 2.96. The van der Waals surface area contributed by atoms with Crippen LogP contribution in [0.1, 0.15) is 24.3 Å². The molecule has 6 atom stereocenters. The first-order valence-corrected chi connectivity index (χ1v) is 11.1. The Morgan fingerprint density at radius 2 is 1.80 bits per heavy atom. The first kappa shape index (κ1) is 21.3. The number of ether oxygens (including phenoxy) is 4. The third-order valence-electron chi connectivity index (χ3n) is 5.30. The Hall–Kier alpha value is -1.90. The predicted octanol–water partition coefficient (Wildman–Crippen LogP) is 3.28. The van der Waals surface area contributed by atoms with Crippen LogP contribution < -0.4 is 5.32 Å². The molecule has 2 fully saturated rings. The van der Waals surface area contributed by atoms with Gasteiger partial charge in [0.15, 0.2) is 12.6 Å². The molecule has 0 saturated carbocycles. The highest BCUT2D eigenvalue weighted by atomic mass is 32.2. The molecular formula is C23H27NO5S. The van der Waals surface area contributed by atoms with Crippen LogP contribution in [0.2, 0.25) is 0 Å². The molecule has 2 heterocycles. The first-order chi connectivity index (χ1) is 14.7. The summed E-state index contributed by atoms with van der Waals surface area (Å²) in [6.45, 7) is 1.91. The zero-order chi connectivity index (χ0) is 20.9. The topological polar surface area (TPSA) is 66.0 Å². The number of amides is 1. The summed E-state index contributed by atoms with van der Waals surface area (Å²) in [4.78, 5) is 11.9. The maximum Gasteiger partial charge on any atom is 0.217 e. The van der Waals surface area contributed by atoms with E-state index in [0.717, 1.165) is 11.3 Å². The van der Waals surface area contributed by atoms with E-state index in [1.165, 1.54) is 12.5 Å². The number of thioether (sulfide) groups is 1. The molecule has 2 aliphatic heterocycles. The molecular weight excluding hydrogens is 402 g/mol. The van der Waals surface area contributed by atoms with E-state index in [-0.39, 0.29) is 29.4 Å². The van der Waals surface area contributed by atoms with E-state index in [1.807, 2.05) is 48.5 Å². The molecule has 1 amide bonds. The zero-order valence-electron chi connectivity index (χ0n) is 17.1. The average Bonchev–Trinajstić information content (AvgIpc) is 2.78. The maximum absolute atomic E-state index is 11.9. The van der Waals surface area contributed by atoms with Crippen molar-refractivity contribution < 1.29 is 23.7 Å². The highest BCUT2D eigenvalue weighted by Gasteiger charge is 2.50. The molecule has 1 N–H and O–H groups in total. The second-order valence-corrected chi connectivity index (χ2v) is 8.61. The second kappa shape index (κ2) is 9.94. The highest BCUT2D eigenvalue weighted by molar-refractivity contribution is 7.99. The highest BCUT2D eigenvalue weighted by Crippen LogP contribution is 2.39. The van der Waals surface area contributed by atoms with E-state index in [2.05, 4.69) is 17.4 Å². The van der Waals surface area contributed by atoms with Gasteiger partial charge >= 0.3 is 0 Å². The van der Waals surface area contributed by atoms with Gasteiger partial charge in [0.2, 0.25) is 5.91 Å². The van der Waals surface area contributed by atoms with Gasteiger partial charge in [-0.2, -0.15) is 0 Å². The minimum Gasteiger partial charge on any atom is -0.354 e. The molecule has 160 valence electrons. The second-order valence-electron chi connectivity index (χ2n) is 7.44. The molecule has 2 aliphatic rings. The zero-order valence-corrected chi connectivity index (χ0v) is 17.9. The molecule has 0 radical (unpaired) electrons. The Labute approximate surface area is 181 Å². The van der Waals surface area contributed by atoms with Gasteiger partial charge in [-0.05, 0) is 5.56 Å². The third kappa shape index (κ3) is 4.87. The van der Waals surface area contributed by atoms with Crippen LogP contribution in [0.15, 0.2) is 60.7 Å². The monoisotopic (exact) mass is 429 g/mol. The number of methoxy groups -OCH3 is 1. The van der Waals surface area contributed by atoms with Crippen molar-refractivity contribution >= 4 is 17.7 Å². The van der Waals surface area contributed by atoms with Gasteiger partial charge in [0, 0.05) is 25.3 Å². The number of rotatable bonds is 6. The number of carbonyl (C=O) groups excluding carboxylic acids is 1. The number of carbonyl (C=O) groups is 1. The lowest BCUT2D eigenvalue weighted by Crippen LogP contribution is -2.65. The summed E-state index contributed by atoms with van der Waals surface area (Å²) >= 11 is 1.75. The van der Waals surface area contributed by atoms with Crippen LogP contribution >= 0.6 is 11.8 Å². The van der Waals surface area contributed by atoms with Crippen LogP contribution in [0.5, 0.6) is 0 Å². The lowest BCUT2D eigenvalue weighted by Gasteiger charge is -2.49. The van der Waals surface area contributed by atoms with Crippen molar-refractivity contribution in [3.63, 3.8) is 0 Å². The van der Waals surface area contributed by atoms with Gasteiger partial charge in [0.05, 0.1) is 17.9 Å². The maximum atomic E-state index is 11.9. The van der Waals surface area contributed by atoms with Crippen LogP contribution in [0.4, 0.5) is 0 Å². The van der Waals surface area contributed by atoms with Crippen molar-refractivity contribution in [1.82, 2.24) is 5.32 Å². The van der Waals surface area contributed by atoms with Crippen LogP contribution in [0, 0.1) is 0 Å². The van der Waals surface area contributed by atoms with Crippen molar-refractivity contribution in [2.24, 2.45) is 0 Å². The fourth-order valence-electron chi connectivity index (χ4n) is 3.91. The summed E-state index contributed by atoms with van der Waals surface area (Å²) in [6.07, 6.45) is -1.55. The van der Waals surface area contributed by atoms with Gasteiger partial charge in [0.25, 0.3) is 0 Å². The largest absolute Gasteiger partial charge is 0.354 e. The molecule has 6 nitrogen and oxygen atoms in total. The van der Waals surface area contributed by atoms with Crippen LogP contribution in [0.3, 0.4) is 0 Å². The minimum absolute atomic E-state index is 0.0621. The number of nitrogens with one attached hydrogen (secondary N) is 1. The molecule has 0 spiro atoms. The van der Waals surface area contributed by atoms with E-state index in [9.17, 15) is 4.79 Å². The lowest BCUT2D eigenvalue weighted by atomic mass is 9.98. The number of benzene rings is 2. The van der Waals surface area contributed by atoms with E-state index >= 15 is 0 Å². The predicted molar refractivity (Wildman–Crippen MR) is 115 cm³/mol. The van der Waals surface area contributed by atoms with E-state index in [4.69, 9.17) is 18.9 Å². The van der Waals surface area contributed by atoms with Gasteiger partial charge < -0.3 is 24.3 Å². The van der Waals surface area contributed by atoms with Gasteiger partial charge in [-0.25, -0.2) is 0 Å². The molecule has 7 heteroatoms. The van der Waals surface area contributed by atoms with Crippen molar-refractivity contribution in [2.45, 2.75) is 48.8 Å². The molecule has 0 aromatic heterocycles. The average molecular weight is 430 g/mol. The molecule has 6 unspecified atom stereocenters. The van der Waals surface area contributed by atoms with Crippen LogP contribution in [-0.4, -0.2) is 49.4 Å². The SMILES string of the molecule is COC1OC2COC(c3ccccc3)OC2C(SCc2ccccc2)C1NC(C)=O. The summed E-state index contributed by atoms with van der Waals surface area (Å²) in [6, 6.07) is 19.8. The first-order valence-electron chi connectivity index (χ1n) is 10.1. The van der Waals surface area contributed by atoms with Crippen molar-refractivity contribution in [1.29, 1.82) is 0 Å². The summed E-state index contributed by atoms with van der Waals surface area (Å²) in [5.74, 6) is 0.669. The smallest absolute Gasteiger partial charge is 0.217 e. The number of fused-ring (bicyclic) bond motifs is 1. The number of hydrogen-bond acceptors (Lipinski definition) is 6. The Morgan fingerprint density at radius 1 is 1.10 bits per heavy atom. The molecule has 2 aromatic rings. The lowest BCUT2D eigenvalue weighted by molar-refractivity contribution is -0.316. The summed E-state index contributed by atoms with van der Waals surface area (Å²) in [7, 11) is 1.59. The molecule has 0 bridgehead atoms. The fourth-order valence-corrected chi connectivity index (χ4v) is 5.32. The van der Waals surface area contributed by atoms with Crippen molar-refractivity contribution in [3.05, 3.63) is 71.8 Å². The Morgan fingerprint density at radius 3 is 2.47 bits per heavy atom. The Kier molecular flexibility index (Phi) is 7.07. The Bertz CT molecular complexity index is 821. The fraction of sp³-hybridized carbons (Fsp3) is 0.435. The third-order valence-corrected chi connectivity index (χ3v) is 6.74. The molecule has 2 aromatic carbocycles. The minimum atomic E-state index is -0.566. The van der Waals surface area contributed by atoms with E-state index in [0.29, 0.717) is 6.61 Å². The van der Waals surface area contributed by atoms with E-state index in [1.54, 1.807) is 18.9 Å². The summed E-state index contributed by atoms with van der Waals surface area (Å²) < 4.78 is 24.1. The van der Waals surface area contributed by atoms with Crippen molar-refractivity contribution in [2.75, 3.05) is 13.7 Å².